The topological polar surface area (TPSA) is 115 Å². The van der Waals surface area contributed by atoms with Gasteiger partial charge in [0, 0.05) is 43.1 Å². The molecule has 2 bridgehead atoms. The first-order valence-corrected chi connectivity index (χ1v) is 12.2. The molecule has 10 nitrogen and oxygen atoms in total. The molecule has 0 radical (unpaired) electrons. The molecule has 2 aliphatic rings. The summed E-state index contributed by atoms with van der Waals surface area (Å²) in [6.45, 7) is 7.80. The van der Waals surface area contributed by atoms with Crippen LogP contribution in [0.3, 0.4) is 0 Å². The van der Waals surface area contributed by atoms with Crippen LogP contribution in [0.2, 0.25) is 0 Å². The summed E-state index contributed by atoms with van der Waals surface area (Å²) in [5.41, 5.74) is 2.65. The Hall–Kier alpha value is -4.21. The SMILES string of the molecule is Cc1c(O)c(-c2ncc3c(=O)n([C@@H]4C[C@H]5C=C4CN5C(=O)OC(C)(C)C)ccc3n2)cc2cn(C)nc12. The number of benzene rings is 1. The Morgan fingerprint density at radius 2 is 2.05 bits per heavy atom. The first-order chi connectivity index (χ1) is 17.5. The maximum absolute atomic E-state index is 13.4. The van der Waals surface area contributed by atoms with E-state index in [-0.39, 0.29) is 29.5 Å². The number of carbonyl (C=O) groups is 1. The molecule has 1 aliphatic carbocycles. The standard InChI is InChI=1S/C27H28N6O4/c1-14-22-16(12-31(5)30-22)9-18(23(14)34)24-28-11-19-20(29-24)6-7-32(25(19)35)21-10-17-8-15(21)13-33(17)26(36)37-27(2,3)4/h6-9,11-12,17,21,34H,10,13H2,1-5H3/t17-,21-/m1/s1. The molecule has 2 atom stereocenters. The van der Waals surface area contributed by atoms with E-state index in [1.807, 2.05) is 47.0 Å². The number of carbonyl (C=O) groups excluding carboxylic acids is 1. The van der Waals surface area contributed by atoms with Gasteiger partial charge in [-0.2, -0.15) is 5.10 Å². The van der Waals surface area contributed by atoms with E-state index in [0.29, 0.717) is 40.8 Å². The fourth-order valence-corrected chi connectivity index (χ4v) is 5.34. The minimum Gasteiger partial charge on any atom is -0.507 e. The maximum Gasteiger partial charge on any atom is 0.411 e. The highest BCUT2D eigenvalue weighted by atomic mass is 16.6. The second-order valence-corrected chi connectivity index (χ2v) is 10.8. The molecular weight excluding hydrogens is 472 g/mol. The Labute approximate surface area is 212 Å². The molecule has 3 aromatic heterocycles. The van der Waals surface area contributed by atoms with Gasteiger partial charge in [0.2, 0.25) is 0 Å². The van der Waals surface area contributed by atoms with Crippen LogP contribution in [0.15, 0.2) is 47.2 Å². The summed E-state index contributed by atoms with van der Waals surface area (Å²) < 4.78 is 8.93. The summed E-state index contributed by atoms with van der Waals surface area (Å²) in [6.07, 6.45) is 7.49. The number of phenolic OH excluding ortho intramolecular Hbond substituents is 1. The highest BCUT2D eigenvalue weighted by Crippen LogP contribution is 2.40. The molecule has 0 spiro atoms. The van der Waals surface area contributed by atoms with E-state index >= 15 is 0 Å². The second kappa shape index (κ2) is 7.89. The molecule has 1 aromatic carbocycles. The van der Waals surface area contributed by atoms with E-state index in [9.17, 15) is 14.7 Å². The lowest BCUT2D eigenvalue weighted by atomic mass is 10.0. The molecular formula is C27H28N6O4. The zero-order valence-electron chi connectivity index (χ0n) is 21.4. The van der Waals surface area contributed by atoms with Gasteiger partial charge in [0.25, 0.3) is 5.56 Å². The predicted molar refractivity (Wildman–Crippen MR) is 138 cm³/mol. The lowest BCUT2D eigenvalue weighted by molar-refractivity contribution is 0.0203. The summed E-state index contributed by atoms with van der Waals surface area (Å²) in [5, 5.41) is 16.5. The highest BCUT2D eigenvalue weighted by molar-refractivity contribution is 5.90. The lowest BCUT2D eigenvalue weighted by Gasteiger charge is -2.34. The van der Waals surface area contributed by atoms with Crippen LogP contribution in [0.4, 0.5) is 4.79 Å². The summed E-state index contributed by atoms with van der Waals surface area (Å²) >= 11 is 0. The van der Waals surface area contributed by atoms with Crippen molar-refractivity contribution in [2.75, 3.05) is 6.54 Å². The molecule has 0 unspecified atom stereocenters. The average Bonchev–Trinajstić information content (AvgIpc) is 3.54. The molecule has 1 N–H and O–H groups in total. The first kappa shape index (κ1) is 23.2. The molecule has 0 saturated carbocycles. The van der Waals surface area contributed by atoms with Gasteiger partial charge in [0.15, 0.2) is 5.82 Å². The molecule has 190 valence electrons. The Kier molecular flexibility index (Phi) is 4.95. The fraction of sp³-hybridized carbons (Fsp3) is 0.370. The van der Waals surface area contributed by atoms with Crippen LogP contribution in [-0.4, -0.2) is 58.6 Å². The van der Waals surface area contributed by atoms with Crippen molar-refractivity contribution in [3.63, 3.8) is 0 Å². The molecule has 1 amide bonds. The van der Waals surface area contributed by atoms with Crippen molar-refractivity contribution in [1.29, 1.82) is 0 Å². The van der Waals surface area contributed by atoms with E-state index < -0.39 is 5.60 Å². The summed E-state index contributed by atoms with van der Waals surface area (Å²) in [5.74, 6) is 0.411. The second-order valence-electron chi connectivity index (χ2n) is 10.8. The zero-order chi connectivity index (χ0) is 26.2. The van der Waals surface area contributed by atoms with E-state index in [0.717, 1.165) is 16.5 Å². The number of aromatic hydroxyl groups is 1. The van der Waals surface area contributed by atoms with Crippen molar-refractivity contribution < 1.29 is 14.6 Å². The van der Waals surface area contributed by atoms with Gasteiger partial charge < -0.3 is 14.4 Å². The third-order valence-corrected chi connectivity index (χ3v) is 7.06. The lowest BCUT2D eigenvalue weighted by Crippen LogP contribution is -2.44. The van der Waals surface area contributed by atoms with E-state index in [4.69, 9.17) is 4.74 Å². The van der Waals surface area contributed by atoms with Crippen molar-refractivity contribution in [1.82, 2.24) is 29.2 Å². The number of likely N-dealkylation sites (tertiary alicyclic amines) is 1. The number of hydrogen-bond donors (Lipinski definition) is 1. The summed E-state index contributed by atoms with van der Waals surface area (Å²) in [6, 6.07) is 3.39. The normalized spacial score (nSPS) is 19.2. The van der Waals surface area contributed by atoms with Crippen LogP contribution in [0, 0.1) is 6.92 Å². The monoisotopic (exact) mass is 500 g/mol. The number of hydrogen-bond acceptors (Lipinski definition) is 7. The van der Waals surface area contributed by atoms with Crippen molar-refractivity contribution in [3.05, 3.63) is 58.3 Å². The largest absolute Gasteiger partial charge is 0.507 e. The van der Waals surface area contributed by atoms with Crippen molar-refractivity contribution in [2.24, 2.45) is 7.05 Å². The summed E-state index contributed by atoms with van der Waals surface area (Å²) in [7, 11) is 1.83. The Morgan fingerprint density at radius 1 is 1.27 bits per heavy atom. The van der Waals surface area contributed by atoms with E-state index in [1.165, 1.54) is 6.20 Å². The number of aryl methyl sites for hydroxylation is 2. The van der Waals surface area contributed by atoms with Crippen LogP contribution in [0.25, 0.3) is 33.2 Å². The van der Waals surface area contributed by atoms with Crippen LogP contribution in [-0.2, 0) is 11.8 Å². The zero-order valence-corrected chi connectivity index (χ0v) is 21.4. The minimum atomic E-state index is -0.559. The quantitative estimate of drug-likeness (QED) is 0.416. The van der Waals surface area contributed by atoms with Gasteiger partial charge in [-0.05, 0) is 51.8 Å². The predicted octanol–water partition coefficient (Wildman–Crippen LogP) is 3.85. The minimum absolute atomic E-state index is 0.0716. The van der Waals surface area contributed by atoms with E-state index in [1.54, 1.807) is 26.4 Å². The van der Waals surface area contributed by atoms with Crippen LogP contribution in [0.1, 0.15) is 38.8 Å². The number of nitrogens with zero attached hydrogens (tertiary/aromatic N) is 6. The van der Waals surface area contributed by atoms with Gasteiger partial charge >= 0.3 is 6.09 Å². The van der Waals surface area contributed by atoms with E-state index in [2.05, 4.69) is 21.1 Å². The molecule has 0 saturated heterocycles. The maximum atomic E-state index is 13.4. The first-order valence-electron chi connectivity index (χ1n) is 12.2. The third-order valence-electron chi connectivity index (χ3n) is 7.06. The Morgan fingerprint density at radius 3 is 2.76 bits per heavy atom. The number of pyridine rings is 1. The third kappa shape index (κ3) is 3.75. The number of amides is 1. The average molecular weight is 501 g/mol. The molecule has 37 heavy (non-hydrogen) atoms. The number of aromatic nitrogens is 5. The number of ether oxygens (including phenoxy) is 1. The van der Waals surface area contributed by atoms with Gasteiger partial charge in [-0.3, -0.25) is 14.4 Å². The molecule has 10 heteroatoms. The number of piperidine rings is 1. The summed E-state index contributed by atoms with van der Waals surface area (Å²) in [4.78, 5) is 36.8. The Bertz CT molecular complexity index is 1690. The van der Waals surface area contributed by atoms with Gasteiger partial charge in [-0.1, -0.05) is 6.08 Å². The van der Waals surface area contributed by atoms with Crippen LogP contribution < -0.4 is 5.56 Å². The van der Waals surface area contributed by atoms with Gasteiger partial charge in [0.05, 0.1) is 34.1 Å². The van der Waals surface area contributed by atoms with Crippen molar-refractivity contribution >= 4 is 27.9 Å². The molecule has 4 heterocycles. The van der Waals surface area contributed by atoms with Crippen molar-refractivity contribution in [3.8, 4) is 17.1 Å². The van der Waals surface area contributed by atoms with Gasteiger partial charge in [0.1, 0.15) is 11.4 Å². The fourth-order valence-electron chi connectivity index (χ4n) is 5.34. The smallest absolute Gasteiger partial charge is 0.411 e. The van der Waals surface area contributed by atoms with Crippen molar-refractivity contribution in [2.45, 2.75) is 51.8 Å². The molecule has 1 aliphatic heterocycles. The number of phenols is 1. The highest BCUT2D eigenvalue weighted by Gasteiger charge is 2.42. The molecule has 6 rings (SSSR count). The number of rotatable bonds is 2. The number of fused-ring (bicyclic) bond motifs is 3. The Balaban J connectivity index is 1.30. The van der Waals surface area contributed by atoms with Gasteiger partial charge in [-0.15, -0.1) is 0 Å². The molecule has 0 fully saturated rings. The van der Waals surface area contributed by atoms with Gasteiger partial charge in [-0.25, -0.2) is 14.8 Å². The molecule has 4 aromatic rings. The van der Waals surface area contributed by atoms with Crippen LogP contribution in [0.5, 0.6) is 5.75 Å². The van der Waals surface area contributed by atoms with Crippen LogP contribution >= 0.6 is 0 Å².